The Morgan fingerprint density at radius 1 is 1.54 bits per heavy atom. The predicted octanol–water partition coefficient (Wildman–Crippen LogP) is 1.03. The Morgan fingerprint density at radius 3 is 2.85 bits per heavy atom. The summed E-state index contributed by atoms with van der Waals surface area (Å²) < 4.78 is 10.1. The molecule has 0 saturated carbocycles. The highest BCUT2D eigenvalue weighted by molar-refractivity contribution is 5.67. The normalized spacial score (nSPS) is 16.8. The predicted molar refractivity (Wildman–Crippen MR) is 48.6 cm³/mol. The largest absolute Gasteiger partial charge is 0.449 e. The number of rotatable bonds is 3. The van der Waals surface area contributed by atoms with Crippen molar-refractivity contribution in [3.63, 3.8) is 0 Å². The molecule has 0 spiro atoms. The molecule has 0 aliphatic carbocycles. The summed E-state index contributed by atoms with van der Waals surface area (Å²) >= 11 is 0. The second-order valence-corrected chi connectivity index (χ2v) is 2.79. The zero-order valence-corrected chi connectivity index (χ0v) is 7.70. The van der Waals surface area contributed by atoms with Crippen molar-refractivity contribution in [1.82, 2.24) is 4.90 Å². The number of carbonyl (C=O) groups excluding carboxylic acids is 1. The SMILES string of the molecule is C=CCCOC(=O)N1CCOCC1. The van der Waals surface area contributed by atoms with Crippen LogP contribution in [0.1, 0.15) is 6.42 Å². The number of nitrogens with zero attached hydrogens (tertiary/aromatic N) is 1. The average Bonchev–Trinajstić information content (AvgIpc) is 2.19. The van der Waals surface area contributed by atoms with Crippen LogP contribution in [0, 0.1) is 0 Å². The topological polar surface area (TPSA) is 38.8 Å². The first-order valence-electron chi connectivity index (χ1n) is 4.45. The standard InChI is InChI=1S/C9H15NO3/c1-2-3-6-13-9(11)10-4-7-12-8-5-10/h2H,1,3-8H2. The smallest absolute Gasteiger partial charge is 0.409 e. The molecule has 0 unspecified atom stereocenters. The Balaban J connectivity index is 2.17. The van der Waals surface area contributed by atoms with Crippen LogP contribution >= 0.6 is 0 Å². The molecule has 4 nitrogen and oxygen atoms in total. The first-order chi connectivity index (χ1) is 6.34. The third-order valence-corrected chi connectivity index (χ3v) is 1.82. The van der Waals surface area contributed by atoms with Gasteiger partial charge in [0.05, 0.1) is 19.8 Å². The van der Waals surface area contributed by atoms with Gasteiger partial charge in [0.2, 0.25) is 0 Å². The Morgan fingerprint density at radius 2 is 2.23 bits per heavy atom. The summed E-state index contributed by atoms with van der Waals surface area (Å²) in [7, 11) is 0. The third kappa shape index (κ3) is 3.46. The van der Waals surface area contributed by atoms with Crippen molar-refractivity contribution >= 4 is 6.09 Å². The van der Waals surface area contributed by atoms with E-state index >= 15 is 0 Å². The van der Waals surface area contributed by atoms with Crippen LogP contribution in [0.3, 0.4) is 0 Å². The minimum absolute atomic E-state index is 0.245. The molecule has 0 aromatic carbocycles. The van der Waals surface area contributed by atoms with Gasteiger partial charge in [0.25, 0.3) is 0 Å². The van der Waals surface area contributed by atoms with E-state index in [1.165, 1.54) is 0 Å². The first kappa shape index (κ1) is 10.1. The van der Waals surface area contributed by atoms with E-state index in [0.717, 1.165) is 0 Å². The molecule has 1 aliphatic heterocycles. The molecule has 4 heteroatoms. The number of ether oxygens (including phenoxy) is 2. The fourth-order valence-corrected chi connectivity index (χ4v) is 1.07. The molecular formula is C9H15NO3. The Hall–Kier alpha value is -1.03. The summed E-state index contributed by atoms with van der Waals surface area (Å²) in [5, 5.41) is 0. The van der Waals surface area contributed by atoms with Gasteiger partial charge in [-0.25, -0.2) is 4.79 Å². The van der Waals surface area contributed by atoms with Crippen molar-refractivity contribution in [3.05, 3.63) is 12.7 Å². The van der Waals surface area contributed by atoms with E-state index in [-0.39, 0.29) is 6.09 Å². The minimum atomic E-state index is -0.245. The van der Waals surface area contributed by atoms with Crippen molar-refractivity contribution < 1.29 is 14.3 Å². The second kappa shape index (κ2) is 5.59. The highest BCUT2D eigenvalue weighted by Gasteiger charge is 2.17. The average molecular weight is 185 g/mol. The van der Waals surface area contributed by atoms with Crippen molar-refractivity contribution in [2.24, 2.45) is 0 Å². The van der Waals surface area contributed by atoms with Crippen LogP contribution in [0.15, 0.2) is 12.7 Å². The maximum absolute atomic E-state index is 11.3. The summed E-state index contributed by atoms with van der Waals surface area (Å²) in [6, 6.07) is 0. The maximum atomic E-state index is 11.3. The highest BCUT2D eigenvalue weighted by atomic mass is 16.6. The van der Waals surface area contributed by atoms with E-state index in [9.17, 15) is 4.79 Å². The van der Waals surface area contributed by atoms with Gasteiger partial charge in [0.1, 0.15) is 0 Å². The summed E-state index contributed by atoms with van der Waals surface area (Å²) in [4.78, 5) is 12.9. The van der Waals surface area contributed by atoms with Crippen LogP contribution in [-0.4, -0.2) is 43.9 Å². The molecule has 1 saturated heterocycles. The van der Waals surface area contributed by atoms with E-state index in [1.54, 1.807) is 11.0 Å². The number of hydrogen-bond acceptors (Lipinski definition) is 3. The molecule has 1 rings (SSSR count). The van der Waals surface area contributed by atoms with E-state index in [4.69, 9.17) is 9.47 Å². The Kier molecular flexibility index (Phi) is 4.32. The van der Waals surface area contributed by atoms with Gasteiger partial charge in [-0.1, -0.05) is 6.08 Å². The molecule has 0 N–H and O–H groups in total. The lowest BCUT2D eigenvalue weighted by Crippen LogP contribution is -2.41. The zero-order chi connectivity index (χ0) is 9.52. The van der Waals surface area contributed by atoms with Crippen molar-refractivity contribution in [2.45, 2.75) is 6.42 Å². The van der Waals surface area contributed by atoms with Gasteiger partial charge in [0, 0.05) is 13.1 Å². The van der Waals surface area contributed by atoms with E-state index in [0.29, 0.717) is 39.3 Å². The lowest BCUT2D eigenvalue weighted by atomic mass is 10.4. The molecule has 1 heterocycles. The molecular weight excluding hydrogens is 170 g/mol. The molecule has 0 atom stereocenters. The molecule has 0 radical (unpaired) electrons. The Labute approximate surface area is 78.1 Å². The summed E-state index contributed by atoms with van der Waals surface area (Å²) in [5.41, 5.74) is 0. The van der Waals surface area contributed by atoms with Crippen molar-refractivity contribution in [2.75, 3.05) is 32.9 Å². The van der Waals surface area contributed by atoms with Crippen LogP contribution in [-0.2, 0) is 9.47 Å². The van der Waals surface area contributed by atoms with Crippen LogP contribution in [0.25, 0.3) is 0 Å². The van der Waals surface area contributed by atoms with Crippen LogP contribution < -0.4 is 0 Å². The maximum Gasteiger partial charge on any atom is 0.409 e. The lowest BCUT2D eigenvalue weighted by Gasteiger charge is -2.25. The van der Waals surface area contributed by atoms with Gasteiger partial charge < -0.3 is 14.4 Å². The molecule has 1 aliphatic rings. The van der Waals surface area contributed by atoms with Gasteiger partial charge in [-0.15, -0.1) is 6.58 Å². The van der Waals surface area contributed by atoms with Crippen LogP contribution in [0.2, 0.25) is 0 Å². The van der Waals surface area contributed by atoms with Crippen LogP contribution in [0.4, 0.5) is 4.79 Å². The number of hydrogen-bond donors (Lipinski definition) is 0. The van der Waals surface area contributed by atoms with E-state index in [2.05, 4.69) is 6.58 Å². The molecule has 0 bridgehead atoms. The van der Waals surface area contributed by atoms with Gasteiger partial charge in [-0.2, -0.15) is 0 Å². The van der Waals surface area contributed by atoms with Crippen molar-refractivity contribution in [1.29, 1.82) is 0 Å². The molecule has 1 amide bonds. The number of amides is 1. The molecule has 0 aromatic rings. The monoisotopic (exact) mass is 185 g/mol. The molecule has 0 aromatic heterocycles. The van der Waals surface area contributed by atoms with Gasteiger partial charge in [-0.3, -0.25) is 0 Å². The Bertz CT molecular complexity index is 176. The first-order valence-corrected chi connectivity index (χ1v) is 4.45. The van der Waals surface area contributed by atoms with Gasteiger partial charge in [0.15, 0.2) is 0 Å². The number of morpholine rings is 1. The van der Waals surface area contributed by atoms with Crippen molar-refractivity contribution in [3.8, 4) is 0 Å². The third-order valence-electron chi connectivity index (χ3n) is 1.82. The number of carbonyl (C=O) groups is 1. The highest BCUT2D eigenvalue weighted by Crippen LogP contribution is 2.00. The van der Waals surface area contributed by atoms with Crippen LogP contribution in [0.5, 0.6) is 0 Å². The lowest BCUT2D eigenvalue weighted by molar-refractivity contribution is 0.0277. The second-order valence-electron chi connectivity index (χ2n) is 2.79. The van der Waals surface area contributed by atoms with E-state index in [1.807, 2.05) is 0 Å². The molecule has 13 heavy (non-hydrogen) atoms. The summed E-state index contributed by atoms with van der Waals surface area (Å²) in [6.45, 7) is 6.44. The zero-order valence-electron chi connectivity index (χ0n) is 7.70. The fourth-order valence-electron chi connectivity index (χ4n) is 1.07. The summed E-state index contributed by atoms with van der Waals surface area (Å²) in [6.07, 6.45) is 2.19. The summed E-state index contributed by atoms with van der Waals surface area (Å²) in [5.74, 6) is 0. The quantitative estimate of drug-likeness (QED) is 0.487. The minimum Gasteiger partial charge on any atom is -0.449 e. The van der Waals surface area contributed by atoms with Gasteiger partial charge in [-0.05, 0) is 6.42 Å². The van der Waals surface area contributed by atoms with E-state index < -0.39 is 0 Å². The molecule has 1 fully saturated rings. The molecule has 74 valence electrons. The van der Waals surface area contributed by atoms with Gasteiger partial charge >= 0.3 is 6.09 Å². The fraction of sp³-hybridized carbons (Fsp3) is 0.667.